The standard InChI is InChI=1S/C15H26N2O3/c18-13-8-16(9-14(13)19)10-15(20)17-7-3-5-11-4-1-2-6-12(11)17/h11-14,18-19H,1-10H2/t11?,12?,13-,14+. The maximum absolute atomic E-state index is 12.5. The summed E-state index contributed by atoms with van der Waals surface area (Å²) in [6, 6.07) is 0.447. The van der Waals surface area contributed by atoms with Crippen molar-refractivity contribution in [3.05, 3.63) is 0 Å². The van der Waals surface area contributed by atoms with Crippen molar-refractivity contribution in [3.8, 4) is 0 Å². The SMILES string of the molecule is O=C(CN1C[C@@H](O)[C@@H](O)C1)N1CCCC2CCCCC21. The molecule has 20 heavy (non-hydrogen) atoms. The topological polar surface area (TPSA) is 64.0 Å². The summed E-state index contributed by atoms with van der Waals surface area (Å²) in [7, 11) is 0. The molecule has 0 radical (unpaired) electrons. The summed E-state index contributed by atoms with van der Waals surface area (Å²) in [4.78, 5) is 16.5. The highest BCUT2D eigenvalue weighted by Gasteiger charge is 2.37. The molecule has 2 heterocycles. The zero-order valence-corrected chi connectivity index (χ0v) is 12.1. The van der Waals surface area contributed by atoms with Gasteiger partial charge >= 0.3 is 0 Å². The lowest BCUT2D eigenvalue weighted by molar-refractivity contribution is -0.138. The number of rotatable bonds is 2. The summed E-state index contributed by atoms with van der Waals surface area (Å²) in [6.45, 7) is 2.06. The van der Waals surface area contributed by atoms with Crippen molar-refractivity contribution in [3.63, 3.8) is 0 Å². The van der Waals surface area contributed by atoms with E-state index in [9.17, 15) is 15.0 Å². The van der Waals surface area contributed by atoms with Crippen LogP contribution in [0.3, 0.4) is 0 Å². The second-order valence-electron chi connectivity index (χ2n) is 6.67. The van der Waals surface area contributed by atoms with Gasteiger partial charge in [-0.25, -0.2) is 0 Å². The highest BCUT2D eigenvalue weighted by molar-refractivity contribution is 5.78. The fraction of sp³-hybridized carbons (Fsp3) is 0.933. The second kappa shape index (κ2) is 6.00. The summed E-state index contributed by atoms with van der Waals surface area (Å²) >= 11 is 0. The molecule has 2 saturated heterocycles. The molecule has 0 aromatic heterocycles. The minimum Gasteiger partial charge on any atom is -0.389 e. The Morgan fingerprint density at radius 2 is 1.65 bits per heavy atom. The van der Waals surface area contributed by atoms with Gasteiger partial charge in [-0.1, -0.05) is 12.8 Å². The smallest absolute Gasteiger partial charge is 0.237 e. The van der Waals surface area contributed by atoms with Crippen LogP contribution in [0, 0.1) is 5.92 Å². The van der Waals surface area contributed by atoms with Crippen LogP contribution in [0.1, 0.15) is 38.5 Å². The predicted octanol–water partition coefficient (Wildman–Crippen LogP) is 0.205. The number of β-amino-alcohol motifs (C(OH)–C–C–N with tert-alkyl or cyclic N) is 2. The number of amides is 1. The zero-order chi connectivity index (χ0) is 14.1. The van der Waals surface area contributed by atoms with Crippen LogP contribution < -0.4 is 0 Å². The van der Waals surface area contributed by atoms with Crippen LogP contribution in [-0.4, -0.2) is 70.3 Å². The van der Waals surface area contributed by atoms with Gasteiger partial charge in [-0.05, 0) is 31.6 Å². The first-order valence-corrected chi connectivity index (χ1v) is 8.03. The normalized spacial score (nSPS) is 38.8. The highest BCUT2D eigenvalue weighted by atomic mass is 16.3. The molecule has 2 unspecified atom stereocenters. The minimum atomic E-state index is -0.702. The first-order chi connectivity index (χ1) is 9.65. The highest BCUT2D eigenvalue weighted by Crippen LogP contribution is 2.35. The van der Waals surface area contributed by atoms with Crippen molar-refractivity contribution in [2.45, 2.75) is 56.8 Å². The molecule has 0 spiro atoms. The first kappa shape index (κ1) is 14.3. The molecule has 0 aromatic rings. The third kappa shape index (κ3) is 2.85. The molecule has 5 heteroatoms. The van der Waals surface area contributed by atoms with Crippen LogP contribution in [-0.2, 0) is 4.79 Å². The number of carbonyl (C=O) groups is 1. The van der Waals surface area contributed by atoms with Crippen molar-refractivity contribution in [2.75, 3.05) is 26.2 Å². The number of aliphatic hydroxyl groups is 2. The van der Waals surface area contributed by atoms with Crippen LogP contribution >= 0.6 is 0 Å². The van der Waals surface area contributed by atoms with E-state index in [1.54, 1.807) is 0 Å². The molecule has 114 valence electrons. The van der Waals surface area contributed by atoms with Gasteiger partial charge in [0.1, 0.15) is 0 Å². The van der Waals surface area contributed by atoms with Gasteiger partial charge in [-0.3, -0.25) is 9.69 Å². The number of carbonyl (C=O) groups excluding carboxylic acids is 1. The zero-order valence-electron chi connectivity index (χ0n) is 12.1. The Labute approximate surface area is 120 Å². The Hall–Kier alpha value is -0.650. The Bertz CT molecular complexity index is 351. The van der Waals surface area contributed by atoms with Gasteiger partial charge < -0.3 is 15.1 Å². The summed E-state index contributed by atoms with van der Waals surface area (Å²) in [5.74, 6) is 0.888. The molecule has 5 nitrogen and oxygen atoms in total. The maximum atomic E-state index is 12.5. The number of hydrogen-bond donors (Lipinski definition) is 2. The van der Waals surface area contributed by atoms with Crippen molar-refractivity contribution in [2.24, 2.45) is 5.92 Å². The van der Waals surface area contributed by atoms with E-state index in [1.807, 2.05) is 4.90 Å². The van der Waals surface area contributed by atoms with Crippen molar-refractivity contribution >= 4 is 5.91 Å². The average molecular weight is 282 g/mol. The number of hydrogen-bond acceptors (Lipinski definition) is 4. The second-order valence-corrected chi connectivity index (χ2v) is 6.67. The molecule has 1 aliphatic carbocycles. The Kier molecular flexibility index (Phi) is 4.29. The summed E-state index contributed by atoms with van der Waals surface area (Å²) < 4.78 is 0. The van der Waals surface area contributed by atoms with E-state index in [4.69, 9.17) is 0 Å². The Morgan fingerprint density at radius 1 is 1.00 bits per heavy atom. The van der Waals surface area contributed by atoms with Crippen LogP contribution in [0.15, 0.2) is 0 Å². The molecule has 4 atom stereocenters. The largest absolute Gasteiger partial charge is 0.389 e. The molecule has 3 rings (SSSR count). The van der Waals surface area contributed by atoms with Gasteiger partial charge in [0.2, 0.25) is 5.91 Å². The molecule has 3 fully saturated rings. The van der Waals surface area contributed by atoms with Crippen LogP contribution in [0.4, 0.5) is 0 Å². The minimum absolute atomic E-state index is 0.183. The predicted molar refractivity (Wildman–Crippen MR) is 75.1 cm³/mol. The average Bonchev–Trinajstić information content (AvgIpc) is 2.76. The van der Waals surface area contributed by atoms with Crippen LogP contribution in [0.25, 0.3) is 0 Å². The van der Waals surface area contributed by atoms with E-state index >= 15 is 0 Å². The Balaban J connectivity index is 1.58. The van der Waals surface area contributed by atoms with Crippen LogP contribution in [0.5, 0.6) is 0 Å². The number of piperidine rings is 1. The van der Waals surface area contributed by atoms with Gasteiger partial charge in [0, 0.05) is 25.7 Å². The van der Waals surface area contributed by atoms with Gasteiger partial charge in [0.15, 0.2) is 0 Å². The lowest BCUT2D eigenvalue weighted by atomic mass is 9.78. The number of likely N-dealkylation sites (tertiary alicyclic amines) is 2. The van der Waals surface area contributed by atoms with Gasteiger partial charge in [0.05, 0.1) is 18.8 Å². The van der Waals surface area contributed by atoms with E-state index in [0.717, 1.165) is 19.4 Å². The summed E-state index contributed by atoms with van der Waals surface area (Å²) in [6.07, 6.45) is 5.98. The molecular weight excluding hydrogens is 256 g/mol. The maximum Gasteiger partial charge on any atom is 0.237 e. The molecule has 0 bridgehead atoms. The van der Waals surface area contributed by atoms with E-state index < -0.39 is 12.2 Å². The molecule has 0 aromatic carbocycles. The van der Waals surface area contributed by atoms with E-state index in [2.05, 4.69) is 4.90 Å². The molecule has 1 saturated carbocycles. The van der Waals surface area contributed by atoms with Gasteiger partial charge in [-0.15, -0.1) is 0 Å². The summed E-state index contributed by atoms with van der Waals surface area (Å²) in [5.41, 5.74) is 0. The van der Waals surface area contributed by atoms with E-state index in [0.29, 0.717) is 31.6 Å². The Morgan fingerprint density at radius 3 is 2.40 bits per heavy atom. The van der Waals surface area contributed by atoms with E-state index in [1.165, 1.54) is 25.7 Å². The molecule has 2 N–H and O–H groups in total. The van der Waals surface area contributed by atoms with Crippen LogP contribution in [0.2, 0.25) is 0 Å². The van der Waals surface area contributed by atoms with Gasteiger partial charge in [-0.2, -0.15) is 0 Å². The van der Waals surface area contributed by atoms with Crippen molar-refractivity contribution < 1.29 is 15.0 Å². The molecule has 3 aliphatic rings. The number of fused-ring (bicyclic) bond motifs is 1. The molecule has 1 amide bonds. The first-order valence-electron chi connectivity index (χ1n) is 8.03. The fourth-order valence-electron chi connectivity index (χ4n) is 4.19. The van der Waals surface area contributed by atoms with Gasteiger partial charge in [0.25, 0.3) is 0 Å². The molecule has 2 aliphatic heterocycles. The fourth-order valence-corrected chi connectivity index (χ4v) is 4.19. The quantitative estimate of drug-likeness (QED) is 0.760. The number of aliphatic hydroxyl groups excluding tert-OH is 2. The molecular formula is C15H26N2O3. The third-order valence-corrected chi connectivity index (χ3v) is 5.26. The van der Waals surface area contributed by atoms with Crippen molar-refractivity contribution in [1.29, 1.82) is 0 Å². The summed E-state index contributed by atoms with van der Waals surface area (Å²) in [5, 5.41) is 19.1. The lowest BCUT2D eigenvalue weighted by Crippen LogP contribution is -2.52. The monoisotopic (exact) mass is 282 g/mol. The third-order valence-electron chi connectivity index (χ3n) is 5.26. The number of nitrogens with zero attached hydrogens (tertiary/aromatic N) is 2. The van der Waals surface area contributed by atoms with Crippen molar-refractivity contribution in [1.82, 2.24) is 9.80 Å². The lowest BCUT2D eigenvalue weighted by Gasteiger charge is -2.44. The van der Waals surface area contributed by atoms with E-state index in [-0.39, 0.29) is 5.91 Å².